The van der Waals surface area contributed by atoms with Crippen molar-refractivity contribution in [2.24, 2.45) is 0 Å². The summed E-state index contributed by atoms with van der Waals surface area (Å²) in [6.07, 6.45) is 2.34. The Morgan fingerprint density at radius 1 is 1.38 bits per heavy atom. The Hall–Kier alpha value is -1.09. The largest absolute Gasteiger partial charge is 0.399 e. The number of nitrogens with one attached hydrogen (secondary N) is 1. The molecular formula is C13H17N3O2S3. The van der Waals surface area contributed by atoms with Crippen LogP contribution in [-0.4, -0.2) is 31.5 Å². The lowest BCUT2D eigenvalue weighted by atomic mass is 10.3. The summed E-state index contributed by atoms with van der Waals surface area (Å²) in [6, 6.07) is 7.43. The molecule has 0 saturated carbocycles. The number of thioether (sulfide) groups is 1. The predicted molar refractivity (Wildman–Crippen MR) is 89.2 cm³/mol. The Labute approximate surface area is 133 Å². The van der Waals surface area contributed by atoms with Crippen molar-refractivity contribution < 1.29 is 8.42 Å². The number of hydrogen-bond donors (Lipinski definition) is 2. The highest BCUT2D eigenvalue weighted by molar-refractivity contribution is 8.00. The molecule has 8 heteroatoms. The molecule has 0 fully saturated rings. The molecule has 114 valence electrons. The molecule has 0 radical (unpaired) electrons. The molecule has 0 atom stereocenters. The molecule has 3 N–H and O–H groups in total. The minimum Gasteiger partial charge on any atom is -0.399 e. The van der Waals surface area contributed by atoms with Gasteiger partial charge in [0.15, 0.2) is 0 Å². The number of rotatable bonds is 8. The van der Waals surface area contributed by atoms with Crippen LogP contribution in [0.2, 0.25) is 0 Å². The quantitative estimate of drug-likeness (QED) is 0.565. The zero-order valence-corrected chi connectivity index (χ0v) is 13.8. The summed E-state index contributed by atoms with van der Waals surface area (Å²) in [4.78, 5) is 5.09. The average Bonchev–Trinajstić information content (AvgIpc) is 2.91. The molecule has 21 heavy (non-hydrogen) atoms. The van der Waals surface area contributed by atoms with Gasteiger partial charge in [-0.25, -0.2) is 18.1 Å². The predicted octanol–water partition coefficient (Wildman–Crippen LogP) is 1.98. The average molecular weight is 343 g/mol. The van der Waals surface area contributed by atoms with Crippen LogP contribution >= 0.6 is 23.1 Å². The van der Waals surface area contributed by atoms with E-state index in [-0.39, 0.29) is 5.75 Å². The second-order valence-electron chi connectivity index (χ2n) is 4.31. The summed E-state index contributed by atoms with van der Waals surface area (Å²) < 4.78 is 26.3. The SMILES string of the molecule is Nc1cccc(SCCS(=O)(=O)NCCc2nccs2)c1. The van der Waals surface area contributed by atoms with Gasteiger partial charge in [0.2, 0.25) is 10.0 Å². The van der Waals surface area contributed by atoms with E-state index in [1.165, 1.54) is 23.1 Å². The summed E-state index contributed by atoms with van der Waals surface area (Å²) in [5, 5.41) is 2.82. The van der Waals surface area contributed by atoms with E-state index in [2.05, 4.69) is 9.71 Å². The topological polar surface area (TPSA) is 85.1 Å². The number of aromatic nitrogens is 1. The maximum absolute atomic E-state index is 11.9. The van der Waals surface area contributed by atoms with Crippen LogP contribution in [0.3, 0.4) is 0 Å². The van der Waals surface area contributed by atoms with E-state index in [4.69, 9.17) is 5.73 Å². The van der Waals surface area contributed by atoms with Gasteiger partial charge in [0, 0.05) is 40.9 Å². The van der Waals surface area contributed by atoms with E-state index >= 15 is 0 Å². The number of hydrogen-bond acceptors (Lipinski definition) is 6. The first-order valence-corrected chi connectivity index (χ1v) is 9.91. The van der Waals surface area contributed by atoms with Crippen molar-refractivity contribution in [2.45, 2.75) is 11.3 Å². The van der Waals surface area contributed by atoms with E-state index in [0.717, 1.165) is 9.90 Å². The molecular weight excluding hydrogens is 326 g/mol. The maximum atomic E-state index is 11.9. The van der Waals surface area contributed by atoms with Crippen LogP contribution in [-0.2, 0) is 16.4 Å². The van der Waals surface area contributed by atoms with Crippen LogP contribution in [0.4, 0.5) is 5.69 Å². The van der Waals surface area contributed by atoms with Crippen LogP contribution in [0.5, 0.6) is 0 Å². The monoisotopic (exact) mass is 343 g/mol. The van der Waals surface area contributed by atoms with Crippen LogP contribution in [0.25, 0.3) is 0 Å². The zero-order chi connectivity index (χ0) is 15.1. The van der Waals surface area contributed by atoms with Gasteiger partial charge in [-0.2, -0.15) is 0 Å². The van der Waals surface area contributed by atoms with Crippen LogP contribution in [0.15, 0.2) is 40.7 Å². The third kappa shape index (κ3) is 6.04. The van der Waals surface area contributed by atoms with Crippen molar-refractivity contribution >= 4 is 38.8 Å². The summed E-state index contributed by atoms with van der Waals surface area (Å²) in [6.45, 7) is 0.388. The van der Waals surface area contributed by atoms with E-state index < -0.39 is 10.0 Å². The van der Waals surface area contributed by atoms with Gasteiger partial charge < -0.3 is 5.73 Å². The fourth-order valence-corrected chi connectivity index (χ4v) is 4.65. The minimum absolute atomic E-state index is 0.0876. The third-order valence-corrected chi connectivity index (χ3v) is 6.10. The van der Waals surface area contributed by atoms with Crippen LogP contribution in [0, 0.1) is 0 Å². The van der Waals surface area contributed by atoms with Gasteiger partial charge >= 0.3 is 0 Å². The first kappa shape index (κ1) is 16.3. The summed E-state index contributed by atoms with van der Waals surface area (Å²) >= 11 is 3.01. The number of benzene rings is 1. The fourth-order valence-electron chi connectivity index (χ4n) is 1.64. The molecule has 2 rings (SSSR count). The molecule has 0 aliphatic heterocycles. The molecule has 1 aromatic heterocycles. The Bertz CT molecular complexity index is 657. The normalized spacial score (nSPS) is 11.6. The number of sulfonamides is 1. The Balaban J connectivity index is 1.71. The zero-order valence-electron chi connectivity index (χ0n) is 11.4. The van der Waals surface area contributed by atoms with Gasteiger partial charge in [0.05, 0.1) is 10.8 Å². The number of nitrogens with zero attached hydrogens (tertiary/aromatic N) is 1. The van der Waals surface area contributed by atoms with Gasteiger partial charge in [0.25, 0.3) is 0 Å². The highest BCUT2D eigenvalue weighted by Gasteiger charge is 2.10. The fraction of sp³-hybridized carbons (Fsp3) is 0.308. The third-order valence-electron chi connectivity index (χ3n) is 2.62. The van der Waals surface area contributed by atoms with E-state index in [1.54, 1.807) is 12.3 Å². The first-order valence-electron chi connectivity index (χ1n) is 6.39. The highest BCUT2D eigenvalue weighted by Crippen LogP contribution is 2.20. The number of nitrogen functional groups attached to an aromatic ring is 1. The van der Waals surface area contributed by atoms with Gasteiger partial charge in [-0.1, -0.05) is 6.07 Å². The van der Waals surface area contributed by atoms with Crippen molar-refractivity contribution in [1.29, 1.82) is 0 Å². The molecule has 0 aliphatic rings. The lowest BCUT2D eigenvalue weighted by molar-refractivity contribution is 0.583. The standard InChI is InChI=1S/C13H17N3O2S3/c14-11-2-1-3-12(10-11)19-8-9-21(17,18)16-5-4-13-15-6-7-20-13/h1-3,6-7,10,16H,4-5,8-9,14H2. The molecule has 0 bridgehead atoms. The Morgan fingerprint density at radius 3 is 2.95 bits per heavy atom. The molecule has 5 nitrogen and oxygen atoms in total. The lowest BCUT2D eigenvalue weighted by Gasteiger charge is -2.06. The van der Waals surface area contributed by atoms with Crippen LogP contribution < -0.4 is 10.5 Å². The smallest absolute Gasteiger partial charge is 0.212 e. The van der Waals surface area contributed by atoms with Gasteiger partial charge in [-0.15, -0.1) is 23.1 Å². The molecule has 1 heterocycles. The maximum Gasteiger partial charge on any atom is 0.212 e. The Morgan fingerprint density at radius 2 is 2.24 bits per heavy atom. The number of nitrogens with two attached hydrogens (primary N) is 1. The van der Waals surface area contributed by atoms with Crippen molar-refractivity contribution in [3.05, 3.63) is 40.8 Å². The van der Waals surface area contributed by atoms with E-state index in [1.807, 2.05) is 23.6 Å². The van der Waals surface area contributed by atoms with Crippen LogP contribution in [0.1, 0.15) is 5.01 Å². The second-order valence-corrected chi connectivity index (χ2v) is 8.38. The minimum atomic E-state index is -3.24. The summed E-state index contributed by atoms with van der Waals surface area (Å²) in [5.74, 6) is 0.584. The van der Waals surface area contributed by atoms with Gasteiger partial charge in [0.1, 0.15) is 0 Å². The molecule has 0 saturated heterocycles. The summed E-state index contributed by atoms with van der Waals surface area (Å²) in [5.41, 5.74) is 6.36. The molecule has 1 aromatic carbocycles. The van der Waals surface area contributed by atoms with Gasteiger partial charge in [-0.3, -0.25) is 0 Å². The van der Waals surface area contributed by atoms with Gasteiger partial charge in [-0.05, 0) is 18.2 Å². The molecule has 0 amide bonds. The van der Waals surface area contributed by atoms with E-state index in [9.17, 15) is 8.42 Å². The molecule has 2 aromatic rings. The van der Waals surface area contributed by atoms with E-state index in [0.29, 0.717) is 24.4 Å². The highest BCUT2D eigenvalue weighted by atomic mass is 32.2. The second kappa shape index (κ2) is 7.79. The van der Waals surface area contributed by atoms with Crippen molar-refractivity contribution in [3.63, 3.8) is 0 Å². The molecule has 0 unspecified atom stereocenters. The Kier molecular flexibility index (Phi) is 6.04. The first-order chi connectivity index (χ1) is 10.1. The number of thiazole rings is 1. The molecule has 0 aliphatic carbocycles. The summed E-state index contributed by atoms with van der Waals surface area (Å²) in [7, 11) is -3.24. The van der Waals surface area contributed by atoms with Crippen molar-refractivity contribution in [2.75, 3.05) is 23.8 Å². The lowest BCUT2D eigenvalue weighted by Crippen LogP contribution is -2.29. The van der Waals surface area contributed by atoms with Crippen molar-refractivity contribution in [3.8, 4) is 0 Å². The van der Waals surface area contributed by atoms with Crippen molar-refractivity contribution in [1.82, 2.24) is 9.71 Å². The molecule has 0 spiro atoms. The number of anilines is 1.